The Morgan fingerprint density at radius 2 is 1.76 bits per heavy atom. The number of carbonyl (C=O) groups is 1. The molecule has 0 spiro atoms. The summed E-state index contributed by atoms with van der Waals surface area (Å²) in [6.45, 7) is 0.0396. The monoisotopic (exact) mass is 231 g/mol. The zero-order chi connectivity index (χ0) is 12.4. The van der Waals surface area contributed by atoms with Crippen molar-refractivity contribution in [1.29, 1.82) is 0 Å². The highest BCUT2D eigenvalue weighted by molar-refractivity contribution is 5.96. The van der Waals surface area contributed by atoms with Gasteiger partial charge in [0.15, 0.2) is 0 Å². The molecule has 0 aliphatic rings. The van der Waals surface area contributed by atoms with E-state index in [9.17, 15) is 14.4 Å². The standard InChI is InChI=1S/C12H9NO4/c13-9-8(10(14)11(9)15)12(16)17-6-7-4-2-1-3-5-7/h1-5H,6,13H2. The van der Waals surface area contributed by atoms with Gasteiger partial charge >= 0.3 is 5.97 Å². The van der Waals surface area contributed by atoms with Crippen molar-refractivity contribution in [2.75, 3.05) is 5.73 Å². The van der Waals surface area contributed by atoms with Gasteiger partial charge in [0, 0.05) is 0 Å². The van der Waals surface area contributed by atoms with Crippen LogP contribution in [-0.4, -0.2) is 5.97 Å². The summed E-state index contributed by atoms with van der Waals surface area (Å²) in [6, 6.07) is 8.99. The van der Waals surface area contributed by atoms with Gasteiger partial charge in [-0.2, -0.15) is 0 Å². The zero-order valence-corrected chi connectivity index (χ0v) is 8.80. The van der Waals surface area contributed by atoms with Gasteiger partial charge in [0.2, 0.25) is 5.43 Å². The van der Waals surface area contributed by atoms with E-state index in [2.05, 4.69) is 0 Å². The van der Waals surface area contributed by atoms with Gasteiger partial charge in [0.05, 0.1) is 0 Å². The minimum absolute atomic E-state index is 0.0396. The Hall–Kier alpha value is -2.43. The molecule has 86 valence electrons. The van der Waals surface area contributed by atoms with Gasteiger partial charge in [0.25, 0.3) is 5.43 Å². The Balaban J connectivity index is 2.05. The molecule has 2 N–H and O–H groups in total. The number of hydrogen-bond donors (Lipinski definition) is 1. The van der Waals surface area contributed by atoms with Gasteiger partial charge in [-0.1, -0.05) is 30.3 Å². The third-order valence-electron chi connectivity index (χ3n) is 2.36. The third-order valence-corrected chi connectivity index (χ3v) is 2.36. The second-order valence-corrected chi connectivity index (χ2v) is 3.51. The van der Waals surface area contributed by atoms with Crippen LogP contribution < -0.4 is 16.6 Å². The molecule has 0 aliphatic carbocycles. The number of benzene rings is 1. The maximum absolute atomic E-state index is 11.4. The summed E-state index contributed by atoms with van der Waals surface area (Å²) in [5, 5.41) is 0. The highest BCUT2D eigenvalue weighted by Crippen LogP contribution is 2.07. The third kappa shape index (κ3) is 1.94. The smallest absolute Gasteiger partial charge is 0.344 e. The number of nitrogen functional groups attached to an aromatic ring is 1. The average molecular weight is 231 g/mol. The second kappa shape index (κ2) is 4.21. The van der Waals surface area contributed by atoms with Gasteiger partial charge < -0.3 is 10.5 Å². The molecule has 0 aliphatic heterocycles. The van der Waals surface area contributed by atoms with Crippen LogP contribution in [0.15, 0.2) is 39.9 Å². The number of nitrogens with two attached hydrogens (primary N) is 1. The molecule has 17 heavy (non-hydrogen) atoms. The maximum Gasteiger partial charge on any atom is 0.344 e. The molecule has 0 atom stereocenters. The van der Waals surface area contributed by atoms with E-state index in [1.54, 1.807) is 24.3 Å². The summed E-state index contributed by atoms with van der Waals surface area (Å²) < 4.78 is 4.87. The number of rotatable bonds is 3. The van der Waals surface area contributed by atoms with Gasteiger partial charge in [-0.25, -0.2) is 4.79 Å². The van der Waals surface area contributed by atoms with Crippen molar-refractivity contribution >= 4 is 11.7 Å². The van der Waals surface area contributed by atoms with Crippen molar-refractivity contribution in [2.24, 2.45) is 0 Å². The van der Waals surface area contributed by atoms with Crippen molar-refractivity contribution < 1.29 is 9.53 Å². The summed E-state index contributed by atoms with van der Waals surface area (Å²) in [5.74, 6) is -0.851. The first-order valence-corrected chi connectivity index (χ1v) is 4.91. The van der Waals surface area contributed by atoms with Crippen molar-refractivity contribution in [3.63, 3.8) is 0 Å². The van der Waals surface area contributed by atoms with Crippen LogP contribution in [0.1, 0.15) is 15.9 Å². The lowest BCUT2D eigenvalue weighted by atomic mass is 10.1. The van der Waals surface area contributed by atoms with E-state index >= 15 is 0 Å². The minimum Gasteiger partial charge on any atom is -0.457 e. The van der Waals surface area contributed by atoms with E-state index in [1.165, 1.54) is 0 Å². The number of esters is 1. The Labute approximate surface area is 96.1 Å². The fourth-order valence-corrected chi connectivity index (χ4v) is 1.41. The van der Waals surface area contributed by atoms with Crippen LogP contribution in [-0.2, 0) is 11.3 Å². The first-order valence-electron chi connectivity index (χ1n) is 4.91. The molecule has 2 aromatic rings. The summed E-state index contributed by atoms with van der Waals surface area (Å²) in [7, 11) is 0. The van der Waals surface area contributed by atoms with E-state index in [0.29, 0.717) is 0 Å². The molecule has 0 saturated heterocycles. The molecule has 0 bridgehead atoms. The molecule has 0 heterocycles. The number of hydrogen-bond acceptors (Lipinski definition) is 5. The second-order valence-electron chi connectivity index (χ2n) is 3.51. The fraction of sp³-hybridized carbons (Fsp3) is 0.0833. The van der Waals surface area contributed by atoms with E-state index < -0.39 is 16.8 Å². The molecule has 5 nitrogen and oxygen atoms in total. The molecule has 2 rings (SSSR count). The van der Waals surface area contributed by atoms with E-state index in [-0.39, 0.29) is 17.9 Å². The number of carbonyl (C=O) groups excluding carboxylic acids is 1. The minimum atomic E-state index is -0.874. The first-order chi connectivity index (χ1) is 8.11. The molecular formula is C12H9NO4. The average Bonchev–Trinajstić information content (AvgIpc) is 2.37. The lowest BCUT2D eigenvalue weighted by Gasteiger charge is -2.07. The van der Waals surface area contributed by atoms with Crippen molar-refractivity contribution in [2.45, 2.75) is 6.61 Å². The van der Waals surface area contributed by atoms with Crippen molar-refractivity contribution in [3.8, 4) is 0 Å². The Bertz CT molecular complexity index is 624. The van der Waals surface area contributed by atoms with Crippen LogP contribution >= 0.6 is 0 Å². The Morgan fingerprint density at radius 1 is 1.12 bits per heavy atom. The summed E-state index contributed by atoms with van der Waals surface area (Å²) in [5.41, 5.74) is 3.67. The van der Waals surface area contributed by atoms with Gasteiger partial charge in [-0.15, -0.1) is 0 Å². The molecule has 0 fully saturated rings. The molecule has 0 amide bonds. The number of ether oxygens (including phenoxy) is 1. The molecule has 2 aromatic carbocycles. The molecule has 5 heteroatoms. The molecule has 0 radical (unpaired) electrons. The molecule has 0 aromatic heterocycles. The molecule has 0 saturated carbocycles. The van der Waals surface area contributed by atoms with Crippen LogP contribution in [0.4, 0.5) is 5.69 Å². The predicted molar refractivity (Wildman–Crippen MR) is 61.3 cm³/mol. The summed E-state index contributed by atoms with van der Waals surface area (Å²) in [4.78, 5) is 33.3. The van der Waals surface area contributed by atoms with E-state index in [1.807, 2.05) is 6.07 Å². The van der Waals surface area contributed by atoms with Crippen LogP contribution in [0.3, 0.4) is 0 Å². The van der Waals surface area contributed by atoms with E-state index in [4.69, 9.17) is 10.5 Å². The van der Waals surface area contributed by atoms with Crippen molar-refractivity contribution in [3.05, 3.63) is 61.9 Å². The Kier molecular flexibility index (Phi) is 2.74. The predicted octanol–water partition coefficient (Wildman–Crippen LogP) is 0.222. The molecular weight excluding hydrogens is 222 g/mol. The summed E-state index contributed by atoms with van der Waals surface area (Å²) in [6.07, 6.45) is 0. The van der Waals surface area contributed by atoms with Gasteiger partial charge in [-0.05, 0) is 5.56 Å². The Morgan fingerprint density at radius 3 is 2.35 bits per heavy atom. The zero-order valence-electron chi connectivity index (χ0n) is 8.80. The van der Waals surface area contributed by atoms with Crippen molar-refractivity contribution in [1.82, 2.24) is 0 Å². The topological polar surface area (TPSA) is 86.5 Å². The fourth-order valence-electron chi connectivity index (χ4n) is 1.41. The largest absolute Gasteiger partial charge is 0.457 e. The maximum atomic E-state index is 11.4. The van der Waals surface area contributed by atoms with Crippen LogP contribution in [0.2, 0.25) is 0 Å². The lowest BCUT2D eigenvalue weighted by Crippen LogP contribution is -2.41. The van der Waals surface area contributed by atoms with Crippen LogP contribution in [0.25, 0.3) is 0 Å². The highest BCUT2D eigenvalue weighted by Gasteiger charge is 2.25. The normalized spacial score (nSPS) is 10.4. The van der Waals surface area contributed by atoms with Crippen LogP contribution in [0, 0.1) is 0 Å². The van der Waals surface area contributed by atoms with E-state index in [0.717, 1.165) is 5.56 Å². The number of anilines is 1. The van der Waals surface area contributed by atoms with Crippen LogP contribution in [0.5, 0.6) is 0 Å². The lowest BCUT2D eigenvalue weighted by molar-refractivity contribution is 0.0470. The molecule has 0 unspecified atom stereocenters. The highest BCUT2D eigenvalue weighted by atomic mass is 16.5. The van der Waals surface area contributed by atoms with Gasteiger partial charge in [-0.3, -0.25) is 9.59 Å². The summed E-state index contributed by atoms with van der Waals surface area (Å²) >= 11 is 0. The SMILES string of the molecule is Nc1c(C(=O)OCc2ccccc2)c(=O)c1=O. The van der Waals surface area contributed by atoms with Gasteiger partial charge in [0.1, 0.15) is 17.9 Å². The quantitative estimate of drug-likeness (QED) is 0.603. The first kappa shape index (κ1) is 11.1.